The Kier molecular flexibility index (Phi) is 3.47. The highest BCUT2D eigenvalue weighted by atomic mass is 16.3. The molecule has 1 fully saturated rings. The van der Waals surface area contributed by atoms with Gasteiger partial charge in [0.15, 0.2) is 0 Å². The first kappa shape index (κ1) is 11.0. The molecule has 3 nitrogen and oxygen atoms in total. The van der Waals surface area contributed by atoms with Gasteiger partial charge in [0.05, 0.1) is 5.76 Å². The lowest BCUT2D eigenvalue weighted by Crippen LogP contribution is -2.06. The van der Waals surface area contributed by atoms with E-state index < -0.39 is 0 Å². The lowest BCUT2D eigenvalue weighted by Gasteiger charge is -2.18. The summed E-state index contributed by atoms with van der Waals surface area (Å²) in [7, 11) is 0. The first-order chi connectivity index (χ1) is 7.79. The molecule has 0 unspecified atom stereocenters. The molecule has 1 aromatic rings. The van der Waals surface area contributed by atoms with Crippen LogP contribution in [-0.4, -0.2) is 5.11 Å². The quantitative estimate of drug-likeness (QED) is 0.414. The molecular formula is C13H18N2O. The van der Waals surface area contributed by atoms with Gasteiger partial charge in [-0.05, 0) is 49.0 Å². The second-order valence-electron chi connectivity index (χ2n) is 4.25. The standard InChI is InChI=1S/C13H18N2O/c14-15-12-7-4-10(5-8-12)6-9-13(16)11-2-1-3-11/h4-5,7-8,15-16H,1-3,6,9,14H2. The number of hydrogen-bond acceptors (Lipinski definition) is 3. The molecule has 2 rings (SSSR count). The molecule has 1 saturated carbocycles. The van der Waals surface area contributed by atoms with Crippen LogP contribution in [0.3, 0.4) is 0 Å². The fourth-order valence-corrected chi connectivity index (χ4v) is 1.85. The number of allylic oxidation sites excluding steroid dienone is 2. The summed E-state index contributed by atoms with van der Waals surface area (Å²) < 4.78 is 0. The van der Waals surface area contributed by atoms with Crippen LogP contribution in [0, 0.1) is 0 Å². The number of aliphatic hydroxyl groups is 1. The maximum Gasteiger partial charge on any atom is 0.0917 e. The Bertz CT molecular complexity index is 375. The van der Waals surface area contributed by atoms with Crippen molar-refractivity contribution in [2.75, 3.05) is 5.43 Å². The molecule has 0 spiro atoms. The maximum absolute atomic E-state index is 9.78. The molecule has 1 aliphatic rings. The average Bonchev–Trinajstić information content (AvgIpc) is 2.25. The van der Waals surface area contributed by atoms with E-state index in [1.807, 2.05) is 24.3 Å². The van der Waals surface area contributed by atoms with E-state index in [1.54, 1.807) is 0 Å². The van der Waals surface area contributed by atoms with Gasteiger partial charge in [0, 0.05) is 12.1 Å². The van der Waals surface area contributed by atoms with E-state index in [2.05, 4.69) is 5.43 Å². The molecule has 0 bridgehead atoms. The number of nitrogens with one attached hydrogen (secondary N) is 1. The molecule has 1 aromatic carbocycles. The van der Waals surface area contributed by atoms with Gasteiger partial charge in [-0.25, -0.2) is 0 Å². The summed E-state index contributed by atoms with van der Waals surface area (Å²) >= 11 is 0. The average molecular weight is 218 g/mol. The van der Waals surface area contributed by atoms with Crippen molar-refractivity contribution in [1.29, 1.82) is 0 Å². The normalized spacial score (nSPS) is 14.4. The number of hydrazine groups is 1. The lowest BCUT2D eigenvalue weighted by molar-refractivity contribution is 0.365. The molecule has 0 amide bonds. The van der Waals surface area contributed by atoms with Gasteiger partial charge in [-0.15, -0.1) is 0 Å². The predicted octanol–water partition coefficient (Wildman–Crippen LogP) is 2.90. The van der Waals surface area contributed by atoms with Gasteiger partial charge >= 0.3 is 0 Å². The fourth-order valence-electron chi connectivity index (χ4n) is 1.85. The number of aliphatic hydroxyl groups excluding tert-OH is 1. The third-order valence-electron chi connectivity index (χ3n) is 3.14. The van der Waals surface area contributed by atoms with E-state index >= 15 is 0 Å². The smallest absolute Gasteiger partial charge is 0.0917 e. The third-order valence-corrected chi connectivity index (χ3v) is 3.14. The Balaban J connectivity index is 1.89. The van der Waals surface area contributed by atoms with E-state index in [9.17, 15) is 5.11 Å². The maximum atomic E-state index is 9.78. The molecular weight excluding hydrogens is 200 g/mol. The Morgan fingerprint density at radius 2 is 1.94 bits per heavy atom. The van der Waals surface area contributed by atoms with E-state index in [0.717, 1.165) is 31.4 Å². The monoisotopic (exact) mass is 218 g/mol. The SMILES string of the molecule is NNc1ccc(CCC(O)=C2CCC2)cc1. The number of aryl methyl sites for hydroxylation is 1. The summed E-state index contributed by atoms with van der Waals surface area (Å²) in [6.45, 7) is 0. The van der Waals surface area contributed by atoms with Crippen LogP contribution < -0.4 is 11.3 Å². The number of anilines is 1. The summed E-state index contributed by atoms with van der Waals surface area (Å²) in [4.78, 5) is 0. The zero-order valence-corrected chi connectivity index (χ0v) is 9.37. The largest absolute Gasteiger partial charge is 0.512 e. The highest BCUT2D eigenvalue weighted by molar-refractivity contribution is 5.43. The molecule has 0 heterocycles. The molecule has 86 valence electrons. The highest BCUT2D eigenvalue weighted by Gasteiger charge is 2.13. The Labute approximate surface area is 95.9 Å². The number of nitrogens with two attached hydrogens (primary N) is 1. The summed E-state index contributed by atoms with van der Waals surface area (Å²) in [5, 5.41) is 9.78. The first-order valence-electron chi connectivity index (χ1n) is 5.75. The minimum absolute atomic E-state index is 0.604. The topological polar surface area (TPSA) is 58.3 Å². The molecule has 0 atom stereocenters. The van der Waals surface area contributed by atoms with Crippen molar-refractivity contribution in [3.63, 3.8) is 0 Å². The molecule has 0 aliphatic heterocycles. The van der Waals surface area contributed by atoms with Crippen LogP contribution in [0.4, 0.5) is 5.69 Å². The minimum Gasteiger partial charge on any atom is -0.512 e. The molecule has 0 aromatic heterocycles. The van der Waals surface area contributed by atoms with E-state index in [4.69, 9.17) is 5.84 Å². The molecule has 4 N–H and O–H groups in total. The lowest BCUT2D eigenvalue weighted by atomic mass is 9.90. The molecule has 16 heavy (non-hydrogen) atoms. The van der Waals surface area contributed by atoms with Gasteiger partial charge in [0.2, 0.25) is 0 Å². The Morgan fingerprint density at radius 3 is 2.44 bits per heavy atom. The van der Waals surface area contributed by atoms with Crippen molar-refractivity contribution in [3.05, 3.63) is 41.2 Å². The highest BCUT2D eigenvalue weighted by Crippen LogP contribution is 2.29. The summed E-state index contributed by atoms with van der Waals surface area (Å²) in [6, 6.07) is 7.97. The number of benzene rings is 1. The molecule has 0 radical (unpaired) electrons. The fraction of sp³-hybridized carbons (Fsp3) is 0.385. The van der Waals surface area contributed by atoms with Gasteiger partial charge in [-0.2, -0.15) is 0 Å². The van der Waals surface area contributed by atoms with Crippen molar-refractivity contribution in [1.82, 2.24) is 0 Å². The van der Waals surface area contributed by atoms with Crippen LogP contribution >= 0.6 is 0 Å². The predicted molar refractivity (Wildman–Crippen MR) is 66.1 cm³/mol. The first-order valence-corrected chi connectivity index (χ1v) is 5.75. The number of rotatable bonds is 4. The zero-order valence-electron chi connectivity index (χ0n) is 9.37. The van der Waals surface area contributed by atoms with Gasteiger partial charge in [0.1, 0.15) is 0 Å². The molecule has 3 heteroatoms. The van der Waals surface area contributed by atoms with Crippen LogP contribution in [0.1, 0.15) is 31.2 Å². The van der Waals surface area contributed by atoms with Gasteiger partial charge in [-0.3, -0.25) is 5.84 Å². The van der Waals surface area contributed by atoms with E-state index in [1.165, 1.54) is 17.6 Å². The summed E-state index contributed by atoms with van der Waals surface area (Å²) in [6.07, 6.45) is 5.05. The second-order valence-corrected chi connectivity index (χ2v) is 4.25. The van der Waals surface area contributed by atoms with Crippen LogP contribution in [0.5, 0.6) is 0 Å². The van der Waals surface area contributed by atoms with Gasteiger partial charge < -0.3 is 10.5 Å². The van der Waals surface area contributed by atoms with Crippen LogP contribution in [0.25, 0.3) is 0 Å². The Hall–Kier alpha value is -1.48. The number of hydrogen-bond donors (Lipinski definition) is 3. The van der Waals surface area contributed by atoms with Crippen molar-refractivity contribution < 1.29 is 5.11 Å². The van der Waals surface area contributed by atoms with E-state index in [-0.39, 0.29) is 0 Å². The zero-order chi connectivity index (χ0) is 11.4. The van der Waals surface area contributed by atoms with Crippen molar-refractivity contribution >= 4 is 5.69 Å². The van der Waals surface area contributed by atoms with E-state index in [0.29, 0.717) is 5.76 Å². The third kappa shape index (κ3) is 2.55. The van der Waals surface area contributed by atoms with Crippen LogP contribution in [-0.2, 0) is 6.42 Å². The number of nitrogen functional groups attached to an aromatic ring is 1. The minimum atomic E-state index is 0.604. The van der Waals surface area contributed by atoms with Crippen molar-refractivity contribution in [2.45, 2.75) is 32.1 Å². The summed E-state index contributed by atoms with van der Waals surface area (Å²) in [5.41, 5.74) is 5.98. The van der Waals surface area contributed by atoms with Crippen molar-refractivity contribution in [2.24, 2.45) is 5.84 Å². The van der Waals surface area contributed by atoms with Crippen LogP contribution in [0.2, 0.25) is 0 Å². The Morgan fingerprint density at radius 1 is 1.25 bits per heavy atom. The van der Waals surface area contributed by atoms with Gasteiger partial charge in [0.25, 0.3) is 0 Å². The van der Waals surface area contributed by atoms with Gasteiger partial charge in [-0.1, -0.05) is 12.1 Å². The second kappa shape index (κ2) is 5.03. The molecule has 0 saturated heterocycles. The van der Waals surface area contributed by atoms with Crippen LogP contribution in [0.15, 0.2) is 35.6 Å². The molecule has 1 aliphatic carbocycles. The van der Waals surface area contributed by atoms with Crippen molar-refractivity contribution in [3.8, 4) is 0 Å². The summed E-state index contributed by atoms with van der Waals surface area (Å²) in [5.74, 6) is 5.89.